The molecule has 0 fully saturated rings. The second-order valence-electron chi connectivity index (χ2n) is 3.87. The second-order valence-corrected chi connectivity index (χ2v) is 4.65. The molecular formula is C12H13Cl2FN2O. The second kappa shape index (κ2) is 5.87. The molecule has 0 N–H and O–H groups in total. The Hall–Kier alpha value is -0.840. The van der Waals surface area contributed by atoms with Crippen molar-refractivity contribution >= 4 is 34.2 Å². The van der Waals surface area contributed by atoms with Crippen LogP contribution in [0, 0.1) is 5.82 Å². The summed E-state index contributed by atoms with van der Waals surface area (Å²) in [5.41, 5.74) is 1.40. The maximum absolute atomic E-state index is 13.5. The average molecular weight is 291 g/mol. The molecule has 0 amide bonds. The lowest BCUT2D eigenvalue weighted by molar-refractivity contribution is 0.187. The van der Waals surface area contributed by atoms with Gasteiger partial charge in [0, 0.05) is 32.0 Å². The van der Waals surface area contributed by atoms with Gasteiger partial charge < -0.3 is 9.30 Å². The van der Waals surface area contributed by atoms with E-state index in [1.54, 1.807) is 7.11 Å². The summed E-state index contributed by atoms with van der Waals surface area (Å²) in [6, 6.07) is 2.94. The van der Waals surface area contributed by atoms with E-state index in [0.29, 0.717) is 36.5 Å². The molecule has 0 radical (unpaired) electrons. The Labute approximate surface area is 114 Å². The molecule has 3 nitrogen and oxygen atoms in total. The Balaban J connectivity index is 2.53. The first kappa shape index (κ1) is 13.6. The van der Waals surface area contributed by atoms with E-state index >= 15 is 0 Å². The number of hydrogen-bond acceptors (Lipinski definition) is 2. The molecule has 0 saturated carbocycles. The van der Waals surface area contributed by atoms with Gasteiger partial charge in [-0.3, -0.25) is 0 Å². The highest BCUT2D eigenvalue weighted by atomic mass is 35.5. The van der Waals surface area contributed by atoms with Crippen molar-refractivity contribution in [1.29, 1.82) is 0 Å². The smallest absolute Gasteiger partial charge is 0.144 e. The molecule has 0 aliphatic heterocycles. The zero-order chi connectivity index (χ0) is 13.1. The van der Waals surface area contributed by atoms with Gasteiger partial charge in [-0.15, -0.1) is 11.6 Å². The van der Waals surface area contributed by atoms with E-state index in [1.807, 2.05) is 4.57 Å². The highest BCUT2D eigenvalue weighted by molar-refractivity contribution is 6.31. The molecule has 1 aromatic carbocycles. The quantitative estimate of drug-likeness (QED) is 0.791. The maximum atomic E-state index is 13.5. The maximum Gasteiger partial charge on any atom is 0.144 e. The fourth-order valence-electron chi connectivity index (χ4n) is 1.88. The van der Waals surface area contributed by atoms with E-state index in [2.05, 4.69) is 4.98 Å². The Morgan fingerprint density at radius 2 is 2.22 bits per heavy atom. The number of nitrogens with zero attached hydrogens (tertiary/aromatic N) is 2. The van der Waals surface area contributed by atoms with Crippen LogP contribution in [0.3, 0.4) is 0 Å². The van der Waals surface area contributed by atoms with Gasteiger partial charge in [-0.25, -0.2) is 9.37 Å². The number of aryl methyl sites for hydroxylation is 1. The van der Waals surface area contributed by atoms with Crippen LogP contribution in [0.5, 0.6) is 0 Å². The first-order valence-electron chi connectivity index (χ1n) is 5.56. The number of fused-ring (bicyclic) bond motifs is 1. The minimum Gasteiger partial charge on any atom is -0.383 e. The molecular weight excluding hydrogens is 278 g/mol. The average Bonchev–Trinajstić information content (AvgIpc) is 2.65. The zero-order valence-corrected chi connectivity index (χ0v) is 11.4. The monoisotopic (exact) mass is 290 g/mol. The van der Waals surface area contributed by atoms with Crippen molar-refractivity contribution in [2.75, 3.05) is 19.6 Å². The molecule has 0 spiro atoms. The molecule has 1 heterocycles. The summed E-state index contributed by atoms with van der Waals surface area (Å²) < 4.78 is 20.5. The number of rotatable bonds is 5. The van der Waals surface area contributed by atoms with Crippen LogP contribution >= 0.6 is 23.2 Å². The van der Waals surface area contributed by atoms with Gasteiger partial charge in [0.1, 0.15) is 11.6 Å². The molecule has 0 aliphatic rings. The van der Waals surface area contributed by atoms with Gasteiger partial charge in [0.05, 0.1) is 22.7 Å². The van der Waals surface area contributed by atoms with Crippen LogP contribution in [0.15, 0.2) is 12.1 Å². The largest absolute Gasteiger partial charge is 0.383 e. The third-order valence-electron chi connectivity index (χ3n) is 2.71. The fraction of sp³-hybridized carbons (Fsp3) is 0.417. The van der Waals surface area contributed by atoms with Gasteiger partial charge in [-0.1, -0.05) is 11.6 Å². The highest BCUT2D eigenvalue weighted by Gasteiger charge is 2.13. The molecule has 0 unspecified atom stereocenters. The first-order valence-corrected chi connectivity index (χ1v) is 6.47. The number of halogens is 3. The summed E-state index contributed by atoms with van der Waals surface area (Å²) in [7, 11) is 1.62. The van der Waals surface area contributed by atoms with Crippen LogP contribution in [0.25, 0.3) is 11.0 Å². The van der Waals surface area contributed by atoms with Gasteiger partial charge in [0.25, 0.3) is 0 Å². The van der Waals surface area contributed by atoms with Gasteiger partial charge in [-0.2, -0.15) is 0 Å². The predicted molar refractivity (Wildman–Crippen MR) is 71.0 cm³/mol. The lowest BCUT2D eigenvalue weighted by Crippen LogP contribution is -2.09. The topological polar surface area (TPSA) is 27.1 Å². The Bertz CT molecular complexity index is 556. The predicted octanol–water partition coefficient (Wildman–Crippen LogP) is 3.26. The normalized spacial score (nSPS) is 11.3. The Morgan fingerprint density at radius 3 is 2.89 bits per heavy atom. The van der Waals surface area contributed by atoms with Crippen LogP contribution in [0.2, 0.25) is 5.02 Å². The Kier molecular flexibility index (Phi) is 4.43. The van der Waals surface area contributed by atoms with Crippen molar-refractivity contribution in [3.8, 4) is 0 Å². The van der Waals surface area contributed by atoms with E-state index in [9.17, 15) is 4.39 Å². The lowest BCUT2D eigenvalue weighted by Gasteiger charge is -2.07. The SMILES string of the molecule is COCCn1c(CCCl)nc2cc(Cl)c(F)cc21. The number of aromatic nitrogens is 2. The van der Waals surface area contributed by atoms with Gasteiger partial charge in [-0.05, 0) is 6.07 Å². The van der Waals surface area contributed by atoms with E-state index in [1.165, 1.54) is 12.1 Å². The van der Waals surface area contributed by atoms with Crippen molar-refractivity contribution in [2.45, 2.75) is 13.0 Å². The molecule has 1 aromatic heterocycles. The van der Waals surface area contributed by atoms with E-state index < -0.39 is 5.82 Å². The third-order valence-corrected chi connectivity index (χ3v) is 3.19. The van der Waals surface area contributed by atoms with Crippen molar-refractivity contribution in [3.05, 3.63) is 28.8 Å². The van der Waals surface area contributed by atoms with Crippen LogP contribution in [-0.2, 0) is 17.7 Å². The molecule has 98 valence electrons. The van der Waals surface area contributed by atoms with Crippen molar-refractivity contribution in [1.82, 2.24) is 9.55 Å². The van der Waals surface area contributed by atoms with Gasteiger partial charge in [0.2, 0.25) is 0 Å². The fourth-order valence-corrected chi connectivity index (χ4v) is 2.20. The van der Waals surface area contributed by atoms with Gasteiger partial charge in [0.15, 0.2) is 0 Å². The number of methoxy groups -OCH3 is 1. The lowest BCUT2D eigenvalue weighted by atomic mass is 10.3. The summed E-state index contributed by atoms with van der Waals surface area (Å²) in [6.07, 6.45) is 0.624. The summed E-state index contributed by atoms with van der Waals surface area (Å²) in [5.74, 6) is 0.839. The highest BCUT2D eigenvalue weighted by Crippen LogP contribution is 2.24. The van der Waals surface area contributed by atoms with Crippen molar-refractivity contribution in [2.24, 2.45) is 0 Å². The van der Waals surface area contributed by atoms with Gasteiger partial charge >= 0.3 is 0 Å². The number of benzene rings is 1. The number of imidazole rings is 1. The summed E-state index contributed by atoms with van der Waals surface area (Å²) >= 11 is 11.5. The molecule has 6 heteroatoms. The molecule has 0 bridgehead atoms. The zero-order valence-electron chi connectivity index (χ0n) is 9.92. The molecule has 0 atom stereocenters. The summed E-state index contributed by atoms with van der Waals surface area (Å²) in [4.78, 5) is 4.43. The summed E-state index contributed by atoms with van der Waals surface area (Å²) in [6.45, 7) is 1.14. The van der Waals surface area contributed by atoms with Crippen LogP contribution in [0.4, 0.5) is 4.39 Å². The molecule has 0 saturated heterocycles. The minimum absolute atomic E-state index is 0.0799. The minimum atomic E-state index is -0.444. The first-order chi connectivity index (χ1) is 8.67. The third kappa shape index (κ3) is 2.60. The van der Waals surface area contributed by atoms with E-state index in [0.717, 1.165) is 5.82 Å². The Morgan fingerprint density at radius 1 is 1.44 bits per heavy atom. The van der Waals surface area contributed by atoms with Crippen LogP contribution in [-0.4, -0.2) is 29.1 Å². The van der Waals surface area contributed by atoms with Crippen molar-refractivity contribution < 1.29 is 9.13 Å². The summed E-state index contributed by atoms with van der Waals surface area (Å²) in [5, 5.41) is 0.0799. The number of ether oxygens (including phenoxy) is 1. The molecule has 2 aromatic rings. The number of alkyl halides is 1. The standard InChI is InChI=1S/C12H13Cl2FN2O/c1-18-5-4-17-11-7-9(15)8(14)6-10(11)16-12(17)2-3-13/h6-7H,2-5H2,1H3. The van der Waals surface area contributed by atoms with Crippen LogP contribution in [0.1, 0.15) is 5.82 Å². The van der Waals surface area contributed by atoms with Crippen molar-refractivity contribution in [3.63, 3.8) is 0 Å². The molecule has 18 heavy (non-hydrogen) atoms. The number of hydrogen-bond donors (Lipinski definition) is 0. The van der Waals surface area contributed by atoms with E-state index in [4.69, 9.17) is 27.9 Å². The van der Waals surface area contributed by atoms with Crippen LogP contribution < -0.4 is 0 Å². The molecule has 2 rings (SSSR count). The molecule has 0 aliphatic carbocycles. The van der Waals surface area contributed by atoms with E-state index in [-0.39, 0.29) is 5.02 Å².